The molecule has 0 saturated carbocycles. The summed E-state index contributed by atoms with van der Waals surface area (Å²) in [7, 11) is 1.61. The molecule has 0 bridgehead atoms. The monoisotopic (exact) mass is 345 g/mol. The third-order valence-electron chi connectivity index (χ3n) is 2.02. The maximum atomic E-state index is 10.8. The van der Waals surface area contributed by atoms with Gasteiger partial charge in [0.2, 0.25) is 0 Å². The SMILES string of the molecule is Cn1cc([N+](=O)[O-])c(Oc2ccccc2I)n1. The van der Waals surface area contributed by atoms with Gasteiger partial charge in [0.25, 0.3) is 0 Å². The first-order valence-electron chi connectivity index (χ1n) is 4.68. The van der Waals surface area contributed by atoms with E-state index in [0.717, 1.165) is 3.57 Å². The second kappa shape index (κ2) is 4.70. The fourth-order valence-corrected chi connectivity index (χ4v) is 1.78. The smallest absolute Gasteiger partial charge is 0.350 e. The van der Waals surface area contributed by atoms with E-state index in [1.54, 1.807) is 19.2 Å². The Kier molecular flexibility index (Phi) is 3.27. The van der Waals surface area contributed by atoms with Crippen molar-refractivity contribution in [3.63, 3.8) is 0 Å². The molecule has 17 heavy (non-hydrogen) atoms. The number of ether oxygens (including phenoxy) is 1. The van der Waals surface area contributed by atoms with Crippen molar-refractivity contribution in [3.8, 4) is 11.6 Å². The summed E-state index contributed by atoms with van der Waals surface area (Å²) in [6, 6.07) is 7.25. The number of hydrogen-bond acceptors (Lipinski definition) is 4. The van der Waals surface area contributed by atoms with Gasteiger partial charge in [-0.25, -0.2) is 0 Å². The van der Waals surface area contributed by atoms with Crippen LogP contribution in [-0.4, -0.2) is 14.7 Å². The molecule has 0 aliphatic carbocycles. The third kappa shape index (κ3) is 2.54. The molecular weight excluding hydrogens is 337 g/mol. The van der Waals surface area contributed by atoms with Crippen LogP contribution in [0.4, 0.5) is 5.69 Å². The zero-order valence-corrected chi connectivity index (χ0v) is 11.0. The Morgan fingerprint density at radius 1 is 1.47 bits per heavy atom. The fourth-order valence-electron chi connectivity index (χ4n) is 1.29. The third-order valence-corrected chi connectivity index (χ3v) is 2.91. The summed E-state index contributed by atoms with van der Waals surface area (Å²) in [5, 5.41) is 14.7. The largest absolute Gasteiger partial charge is 0.431 e. The van der Waals surface area contributed by atoms with Gasteiger partial charge < -0.3 is 4.74 Å². The molecule has 88 valence electrons. The average Bonchev–Trinajstić information content (AvgIpc) is 2.63. The molecule has 0 fully saturated rings. The minimum atomic E-state index is -0.516. The fraction of sp³-hybridized carbons (Fsp3) is 0.100. The Labute approximate surface area is 110 Å². The van der Waals surface area contributed by atoms with E-state index >= 15 is 0 Å². The van der Waals surface area contributed by atoms with E-state index < -0.39 is 4.92 Å². The molecule has 0 aliphatic heterocycles. The lowest BCUT2D eigenvalue weighted by molar-refractivity contribution is -0.385. The summed E-state index contributed by atoms with van der Waals surface area (Å²) in [5.41, 5.74) is -0.146. The molecule has 7 heteroatoms. The average molecular weight is 345 g/mol. The van der Waals surface area contributed by atoms with Gasteiger partial charge in [-0.05, 0) is 34.7 Å². The highest BCUT2D eigenvalue weighted by Crippen LogP contribution is 2.31. The Morgan fingerprint density at radius 3 is 2.82 bits per heavy atom. The van der Waals surface area contributed by atoms with Gasteiger partial charge in [-0.15, -0.1) is 5.10 Å². The van der Waals surface area contributed by atoms with Gasteiger partial charge in [-0.1, -0.05) is 12.1 Å². The normalized spacial score (nSPS) is 10.2. The molecular formula is C10H8IN3O3. The minimum absolute atomic E-state index is 0.00150. The molecule has 0 spiro atoms. The van der Waals surface area contributed by atoms with Gasteiger partial charge in [0.05, 0.1) is 8.49 Å². The molecule has 1 aromatic heterocycles. The molecule has 0 radical (unpaired) electrons. The lowest BCUT2D eigenvalue weighted by Crippen LogP contribution is -1.93. The summed E-state index contributed by atoms with van der Waals surface area (Å²) in [6.07, 6.45) is 1.31. The van der Waals surface area contributed by atoms with Crippen LogP contribution in [0.3, 0.4) is 0 Å². The van der Waals surface area contributed by atoms with Gasteiger partial charge in [-0.3, -0.25) is 14.8 Å². The van der Waals surface area contributed by atoms with E-state index in [1.165, 1.54) is 10.9 Å². The first-order chi connectivity index (χ1) is 8.08. The molecule has 2 aromatic rings. The molecule has 0 saturated heterocycles. The summed E-state index contributed by atoms with van der Waals surface area (Å²) in [6.45, 7) is 0. The van der Waals surface area contributed by atoms with Crippen molar-refractivity contribution in [1.29, 1.82) is 0 Å². The van der Waals surface area contributed by atoms with Crippen LogP contribution in [0.15, 0.2) is 30.5 Å². The summed E-state index contributed by atoms with van der Waals surface area (Å²) >= 11 is 2.09. The molecule has 6 nitrogen and oxygen atoms in total. The van der Waals surface area contributed by atoms with Crippen LogP contribution < -0.4 is 4.74 Å². The molecule has 0 atom stereocenters. The van der Waals surface area contributed by atoms with Crippen molar-refractivity contribution in [3.05, 3.63) is 44.1 Å². The van der Waals surface area contributed by atoms with Crippen LogP contribution in [0.1, 0.15) is 0 Å². The van der Waals surface area contributed by atoms with Crippen molar-refractivity contribution < 1.29 is 9.66 Å². The van der Waals surface area contributed by atoms with E-state index in [9.17, 15) is 10.1 Å². The summed E-state index contributed by atoms with van der Waals surface area (Å²) < 4.78 is 7.66. The van der Waals surface area contributed by atoms with Gasteiger partial charge in [0, 0.05) is 7.05 Å². The highest BCUT2D eigenvalue weighted by molar-refractivity contribution is 14.1. The standard InChI is InChI=1S/C10H8IN3O3/c1-13-6-8(14(15)16)10(12-13)17-9-5-3-2-4-7(9)11/h2-6H,1H3. The van der Waals surface area contributed by atoms with E-state index in [1.807, 2.05) is 12.1 Å². The number of nitrogens with zero attached hydrogens (tertiary/aromatic N) is 3. The van der Waals surface area contributed by atoms with Crippen molar-refractivity contribution in [2.24, 2.45) is 7.05 Å². The highest BCUT2D eigenvalue weighted by atomic mass is 127. The lowest BCUT2D eigenvalue weighted by atomic mass is 10.3. The van der Waals surface area contributed by atoms with Crippen molar-refractivity contribution in [2.45, 2.75) is 0 Å². The zero-order valence-electron chi connectivity index (χ0n) is 8.83. The van der Waals surface area contributed by atoms with Crippen LogP contribution in [0.5, 0.6) is 11.6 Å². The first kappa shape index (κ1) is 11.8. The van der Waals surface area contributed by atoms with Crippen molar-refractivity contribution in [1.82, 2.24) is 9.78 Å². The molecule has 1 heterocycles. The Hall–Kier alpha value is -1.64. The summed E-state index contributed by atoms with van der Waals surface area (Å²) in [4.78, 5) is 10.3. The summed E-state index contributed by atoms with van der Waals surface area (Å²) in [5.74, 6) is 0.552. The quantitative estimate of drug-likeness (QED) is 0.487. The van der Waals surface area contributed by atoms with E-state index in [2.05, 4.69) is 27.7 Å². The van der Waals surface area contributed by atoms with E-state index in [4.69, 9.17) is 4.74 Å². The van der Waals surface area contributed by atoms with Gasteiger partial charge in [0.1, 0.15) is 11.9 Å². The number of aromatic nitrogens is 2. The molecule has 1 aromatic carbocycles. The molecule has 0 aliphatic rings. The Bertz CT molecular complexity index is 568. The van der Waals surface area contributed by atoms with Crippen molar-refractivity contribution in [2.75, 3.05) is 0 Å². The number of halogens is 1. The Morgan fingerprint density at radius 2 is 2.18 bits per heavy atom. The molecule has 0 unspecified atom stereocenters. The second-order valence-electron chi connectivity index (χ2n) is 3.28. The predicted molar refractivity (Wildman–Crippen MR) is 69.1 cm³/mol. The van der Waals surface area contributed by atoms with E-state index in [-0.39, 0.29) is 11.6 Å². The Balaban J connectivity index is 2.36. The lowest BCUT2D eigenvalue weighted by Gasteiger charge is -2.03. The van der Waals surface area contributed by atoms with Gasteiger partial charge in [-0.2, -0.15) is 0 Å². The molecule has 2 rings (SSSR count). The van der Waals surface area contributed by atoms with Gasteiger partial charge in [0.15, 0.2) is 0 Å². The first-order valence-corrected chi connectivity index (χ1v) is 5.76. The number of nitro groups is 1. The van der Waals surface area contributed by atoms with Gasteiger partial charge >= 0.3 is 11.6 Å². The number of rotatable bonds is 3. The van der Waals surface area contributed by atoms with Crippen LogP contribution in [0, 0.1) is 13.7 Å². The maximum Gasteiger partial charge on any atom is 0.350 e. The molecule has 0 amide bonds. The number of aryl methyl sites for hydroxylation is 1. The topological polar surface area (TPSA) is 70.2 Å². The van der Waals surface area contributed by atoms with Crippen LogP contribution >= 0.6 is 22.6 Å². The minimum Gasteiger partial charge on any atom is -0.431 e. The second-order valence-corrected chi connectivity index (χ2v) is 4.44. The molecule has 0 N–H and O–H groups in total. The van der Waals surface area contributed by atoms with Crippen LogP contribution in [0.25, 0.3) is 0 Å². The number of benzene rings is 1. The number of para-hydroxylation sites is 1. The predicted octanol–water partition coefficient (Wildman–Crippen LogP) is 2.73. The van der Waals surface area contributed by atoms with Crippen molar-refractivity contribution >= 4 is 28.3 Å². The maximum absolute atomic E-state index is 10.8. The van der Waals surface area contributed by atoms with E-state index in [0.29, 0.717) is 5.75 Å². The van der Waals surface area contributed by atoms with Crippen LogP contribution in [-0.2, 0) is 7.05 Å². The highest BCUT2D eigenvalue weighted by Gasteiger charge is 2.21. The zero-order chi connectivity index (χ0) is 12.4. The van der Waals surface area contributed by atoms with Crippen LogP contribution in [0.2, 0.25) is 0 Å². The number of hydrogen-bond donors (Lipinski definition) is 0.